The number of rotatable bonds is 3. The van der Waals surface area contributed by atoms with Gasteiger partial charge in [0, 0.05) is 16.6 Å². The van der Waals surface area contributed by atoms with Crippen molar-refractivity contribution in [2.45, 2.75) is 53.0 Å². The van der Waals surface area contributed by atoms with Crippen molar-refractivity contribution in [2.75, 3.05) is 5.32 Å². The molecule has 0 amide bonds. The lowest BCUT2D eigenvalue weighted by Gasteiger charge is -2.24. The summed E-state index contributed by atoms with van der Waals surface area (Å²) in [6.07, 6.45) is 2.01. The van der Waals surface area contributed by atoms with E-state index in [4.69, 9.17) is 4.98 Å². The minimum Gasteiger partial charge on any atom is -0.365 e. The van der Waals surface area contributed by atoms with E-state index in [-0.39, 0.29) is 5.54 Å². The first-order chi connectivity index (χ1) is 8.96. The molecule has 0 aliphatic heterocycles. The van der Waals surface area contributed by atoms with Crippen molar-refractivity contribution in [3.63, 3.8) is 0 Å². The SMILES string of the molecule is CCc1nc(NC(C)(C)C)c2ccccc2c1CC. The molecule has 0 radical (unpaired) electrons. The van der Waals surface area contributed by atoms with E-state index in [9.17, 15) is 0 Å². The van der Waals surface area contributed by atoms with Gasteiger partial charge in [-0.3, -0.25) is 0 Å². The van der Waals surface area contributed by atoms with Crippen LogP contribution in [0, 0.1) is 0 Å². The van der Waals surface area contributed by atoms with Crippen LogP contribution in [0.15, 0.2) is 24.3 Å². The van der Waals surface area contributed by atoms with Gasteiger partial charge in [-0.15, -0.1) is 0 Å². The topological polar surface area (TPSA) is 24.9 Å². The van der Waals surface area contributed by atoms with Gasteiger partial charge in [0.25, 0.3) is 0 Å². The summed E-state index contributed by atoms with van der Waals surface area (Å²) in [7, 11) is 0. The molecule has 102 valence electrons. The molecular formula is C17H24N2. The zero-order valence-corrected chi connectivity index (χ0v) is 12.7. The van der Waals surface area contributed by atoms with Gasteiger partial charge in [0.1, 0.15) is 5.82 Å². The molecule has 0 fully saturated rings. The molecule has 1 aromatic heterocycles. The molecule has 0 saturated heterocycles. The summed E-state index contributed by atoms with van der Waals surface area (Å²) in [6.45, 7) is 10.9. The first-order valence-corrected chi connectivity index (χ1v) is 7.15. The number of pyridine rings is 1. The summed E-state index contributed by atoms with van der Waals surface area (Å²) in [5, 5.41) is 6.10. The lowest BCUT2D eigenvalue weighted by Crippen LogP contribution is -2.27. The van der Waals surface area contributed by atoms with Crippen molar-refractivity contribution in [2.24, 2.45) is 0 Å². The standard InChI is InChI=1S/C17H24N2/c1-6-12-13-10-8-9-11-14(13)16(18-15(12)7-2)19-17(3,4)5/h8-11H,6-7H2,1-5H3,(H,18,19). The van der Waals surface area contributed by atoms with Crippen LogP contribution in [0.2, 0.25) is 0 Å². The fraction of sp³-hybridized carbons (Fsp3) is 0.471. The number of anilines is 1. The van der Waals surface area contributed by atoms with Gasteiger partial charge in [-0.1, -0.05) is 38.1 Å². The maximum atomic E-state index is 4.86. The Morgan fingerprint density at radius 1 is 1.00 bits per heavy atom. The van der Waals surface area contributed by atoms with Crippen LogP contribution in [0.4, 0.5) is 5.82 Å². The van der Waals surface area contributed by atoms with E-state index in [2.05, 4.69) is 64.2 Å². The summed E-state index contributed by atoms with van der Waals surface area (Å²) in [4.78, 5) is 4.86. The smallest absolute Gasteiger partial charge is 0.134 e. The first kappa shape index (κ1) is 13.9. The monoisotopic (exact) mass is 256 g/mol. The maximum absolute atomic E-state index is 4.86. The third-order valence-electron chi connectivity index (χ3n) is 3.28. The van der Waals surface area contributed by atoms with E-state index in [1.54, 1.807) is 0 Å². The number of aryl methyl sites for hydroxylation is 2. The first-order valence-electron chi connectivity index (χ1n) is 7.15. The van der Waals surface area contributed by atoms with Gasteiger partial charge in [0.2, 0.25) is 0 Å². The molecule has 2 heteroatoms. The zero-order chi connectivity index (χ0) is 14.0. The predicted molar refractivity (Wildman–Crippen MR) is 83.9 cm³/mol. The molecule has 0 aliphatic rings. The second-order valence-electron chi connectivity index (χ2n) is 6.01. The second-order valence-corrected chi connectivity index (χ2v) is 6.01. The number of hydrogen-bond donors (Lipinski definition) is 1. The molecule has 2 aromatic rings. The number of hydrogen-bond acceptors (Lipinski definition) is 2. The van der Waals surface area contributed by atoms with Gasteiger partial charge >= 0.3 is 0 Å². The molecule has 0 aliphatic carbocycles. The second kappa shape index (κ2) is 5.20. The Morgan fingerprint density at radius 3 is 2.16 bits per heavy atom. The summed E-state index contributed by atoms with van der Waals surface area (Å²) in [5.74, 6) is 1.01. The molecule has 19 heavy (non-hydrogen) atoms. The highest BCUT2D eigenvalue weighted by Gasteiger charge is 2.16. The number of benzene rings is 1. The zero-order valence-electron chi connectivity index (χ0n) is 12.7. The van der Waals surface area contributed by atoms with Crippen molar-refractivity contribution in [3.8, 4) is 0 Å². The third kappa shape index (κ3) is 2.89. The number of fused-ring (bicyclic) bond motifs is 1. The normalized spacial score (nSPS) is 11.8. The van der Waals surface area contributed by atoms with Crippen molar-refractivity contribution < 1.29 is 0 Å². The van der Waals surface area contributed by atoms with Crippen molar-refractivity contribution in [1.29, 1.82) is 0 Å². The average Bonchev–Trinajstić information content (AvgIpc) is 2.36. The van der Waals surface area contributed by atoms with Crippen LogP contribution in [0.5, 0.6) is 0 Å². The molecule has 0 spiro atoms. The Kier molecular flexibility index (Phi) is 3.79. The van der Waals surface area contributed by atoms with E-state index >= 15 is 0 Å². The predicted octanol–water partition coefficient (Wildman–Crippen LogP) is 4.57. The molecule has 1 N–H and O–H groups in total. The number of aromatic nitrogens is 1. The van der Waals surface area contributed by atoms with Crippen LogP contribution in [-0.2, 0) is 12.8 Å². The van der Waals surface area contributed by atoms with E-state index in [0.29, 0.717) is 0 Å². The quantitative estimate of drug-likeness (QED) is 0.870. The fourth-order valence-corrected chi connectivity index (χ4v) is 2.51. The van der Waals surface area contributed by atoms with Crippen molar-refractivity contribution >= 4 is 16.6 Å². The highest BCUT2D eigenvalue weighted by molar-refractivity contribution is 5.95. The van der Waals surface area contributed by atoms with Crippen LogP contribution in [0.25, 0.3) is 10.8 Å². The van der Waals surface area contributed by atoms with Gasteiger partial charge in [0.15, 0.2) is 0 Å². The van der Waals surface area contributed by atoms with Crippen LogP contribution < -0.4 is 5.32 Å². The van der Waals surface area contributed by atoms with E-state index < -0.39 is 0 Å². The van der Waals surface area contributed by atoms with Gasteiger partial charge < -0.3 is 5.32 Å². The molecule has 0 bridgehead atoms. The molecule has 0 atom stereocenters. The molecular weight excluding hydrogens is 232 g/mol. The fourth-order valence-electron chi connectivity index (χ4n) is 2.51. The lowest BCUT2D eigenvalue weighted by molar-refractivity contribution is 0.631. The Labute approximate surface area is 116 Å². The van der Waals surface area contributed by atoms with Crippen LogP contribution in [0.1, 0.15) is 45.9 Å². The van der Waals surface area contributed by atoms with E-state index in [1.165, 1.54) is 22.0 Å². The summed E-state index contributed by atoms with van der Waals surface area (Å²) < 4.78 is 0. The third-order valence-corrected chi connectivity index (χ3v) is 3.28. The highest BCUT2D eigenvalue weighted by atomic mass is 15.0. The van der Waals surface area contributed by atoms with E-state index in [0.717, 1.165) is 18.7 Å². The van der Waals surface area contributed by atoms with Crippen LogP contribution in [-0.4, -0.2) is 10.5 Å². The van der Waals surface area contributed by atoms with Gasteiger partial charge in [-0.05, 0) is 44.6 Å². The van der Waals surface area contributed by atoms with Crippen LogP contribution >= 0.6 is 0 Å². The molecule has 1 aromatic carbocycles. The highest BCUT2D eigenvalue weighted by Crippen LogP contribution is 2.29. The largest absolute Gasteiger partial charge is 0.365 e. The summed E-state index contributed by atoms with van der Waals surface area (Å²) in [6, 6.07) is 8.57. The number of nitrogens with one attached hydrogen (secondary N) is 1. The summed E-state index contributed by atoms with van der Waals surface area (Å²) >= 11 is 0. The van der Waals surface area contributed by atoms with Gasteiger partial charge in [-0.2, -0.15) is 0 Å². The Morgan fingerprint density at radius 2 is 1.63 bits per heavy atom. The Balaban J connectivity index is 2.70. The lowest BCUT2D eigenvalue weighted by atomic mass is 9.99. The molecule has 2 rings (SSSR count). The average molecular weight is 256 g/mol. The van der Waals surface area contributed by atoms with Gasteiger partial charge in [-0.25, -0.2) is 4.98 Å². The van der Waals surface area contributed by atoms with Gasteiger partial charge in [0.05, 0.1) is 0 Å². The summed E-state index contributed by atoms with van der Waals surface area (Å²) in [5.41, 5.74) is 2.62. The Bertz CT molecular complexity index is 580. The minimum atomic E-state index is 0.0223. The molecule has 2 nitrogen and oxygen atoms in total. The van der Waals surface area contributed by atoms with Crippen LogP contribution in [0.3, 0.4) is 0 Å². The molecule has 0 saturated carbocycles. The van der Waals surface area contributed by atoms with E-state index in [1.807, 2.05) is 0 Å². The van der Waals surface area contributed by atoms with Crippen molar-refractivity contribution in [1.82, 2.24) is 4.98 Å². The van der Waals surface area contributed by atoms with Crippen molar-refractivity contribution in [3.05, 3.63) is 35.5 Å². The number of nitrogens with zero attached hydrogens (tertiary/aromatic N) is 1. The Hall–Kier alpha value is -1.57. The molecule has 0 unspecified atom stereocenters. The molecule has 1 heterocycles. The maximum Gasteiger partial charge on any atom is 0.134 e. The minimum absolute atomic E-state index is 0.0223.